The second kappa shape index (κ2) is 5.10. The van der Waals surface area contributed by atoms with Crippen LogP contribution in [0.5, 0.6) is 0 Å². The Morgan fingerprint density at radius 3 is 2.36 bits per heavy atom. The third-order valence-corrected chi connectivity index (χ3v) is 7.49. The third kappa shape index (κ3) is 2.36. The molecule has 0 spiro atoms. The predicted octanol–water partition coefficient (Wildman–Crippen LogP) is 0.695. The van der Waals surface area contributed by atoms with Crippen molar-refractivity contribution in [2.75, 3.05) is 0 Å². The van der Waals surface area contributed by atoms with E-state index < -0.39 is 22.7 Å². The topological polar surface area (TPSA) is 111 Å². The molecule has 0 aromatic rings. The summed E-state index contributed by atoms with van der Waals surface area (Å²) in [5, 5.41) is 31.1. The number of hydrogen-bond acceptors (Lipinski definition) is 5. The summed E-state index contributed by atoms with van der Waals surface area (Å²) in [6.45, 7) is 0. The lowest BCUT2D eigenvalue weighted by Gasteiger charge is -2.64. The van der Waals surface area contributed by atoms with Crippen molar-refractivity contribution < 1.29 is 15.0 Å². The minimum atomic E-state index is -0.881. The van der Waals surface area contributed by atoms with Crippen LogP contribution in [0.1, 0.15) is 51.4 Å². The number of halogens is 1. The van der Waals surface area contributed by atoms with Gasteiger partial charge in [-0.15, -0.1) is 12.4 Å². The second-order valence-electron chi connectivity index (χ2n) is 9.49. The molecule has 1 heterocycles. The molecule has 0 radical (unpaired) electrons. The normalized spacial score (nSPS) is 53.0. The fourth-order valence-electron chi connectivity index (χ4n) is 7.07. The maximum absolute atomic E-state index is 13.2. The first-order chi connectivity index (χ1) is 11.3. The quantitative estimate of drug-likeness (QED) is 0.665. The smallest absolute Gasteiger partial charge is 0.241 e. The molecule has 0 aromatic carbocycles. The molecule has 6 nitrogen and oxygen atoms in total. The molecule has 5 saturated carbocycles. The van der Waals surface area contributed by atoms with Crippen LogP contribution in [-0.2, 0) is 4.79 Å². The number of piperidine rings is 1. The van der Waals surface area contributed by atoms with E-state index in [9.17, 15) is 20.3 Å². The second-order valence-corrected chi connectivity index (χ2v) is 9.49. The van der Waals surface area contributed by atoms with E-state index in [1.807, 2.05) is 0 Å². The van der Waals surface area contributed by atoms with Gasteiger partial charge in [-0.1, -0.05) is 0 Å². The largest absolute Gasteiger partial charge is 0.390 e. The molecule has 7 heteroatoms. The van der Waals surface area contributed by atoms with Crippen LogP contribution in [0.4, 0.5) is 0 Å². The van der Waals surface area contributed by atoms with Crippen LogP contribution in [0.2, 0.25) is 0 Å². The maximum Gasteiger partial charge on any atom is 0.241 e. The summed E-state index contributed by atoms with van der Waals surface area (Å²) in [6, 6.07) is 1.36. The fourth-order valence-corrected chi connectivity index (χ4v) is 7.07. The third-order valence-electron chi connectivity index (χ3n) is 7.49. The van der Waals surface area contributed by atoms with Crippen LogP contribution in [0, 0.1) is 28.6 Å². The molecule has 0 aromatic heterocycles. The Morgan fingerprint density at radius 2 is 1.80 bits per heavy atom. The van der Waals surface area contributed by atoms with Gasteiger partial charge in [0.25, 0.3) is 0 Å². The Labute approximate surface area is 153 Å². The van der Waals surface area contributed by atoms with E-state index in [4.69, 9.17) is 5.73 Å². The zero-order valence-corrected chi connectivity index (χ0v) is 15.0. The number of carbonyl (C=O) groups is 1. The van der Waals surface area contributed by atoms with Crippen molar-refractivity contribution in [1.82, 2.24) is 4.90 Å². The summed E-state index contributed by atoms with van der Waals surface area (Å²) in [6.07, 6.45) is 5.41. The average molecular weight is 368 g/mol. The van der Waals surface area contributed by atoms with Crippen LogP contribution in [-0.4, -0.2) is 50.3 Å². The molecular formula is C18H26ClN3O3. The van der Waals surface area contributed by atoms with Gasteiger partial charge in [-0.25, -0.2) is 0 Å². The molecule has 4 N–H and O–H groups in total. The number of nitrogens with zero attached hydrogens (tertiary/aromatic N) is 2. The van der Waals surface area contributed by atoms with Gasteiger partial charge in [0.05, 0.1) is 23.3 Å². The first-order valence-corrected chi connectivity index (χ1v) is 9.19. The summed E-state index contributed by atoms with van der Waals surface area (Å²) in [4.78, 5) is 14.9. The molecule has 138 valence electrons. The molecule has 25 heavy (non-hydrogen) atoms. The number of fused-ring (bicyclic) bond motifs is 1. The Kier molecular flexibility index (Phi) is 3.58. The van der Waals surface area contributed by atoms with Crippen LogP contribution in [0.25, 0.3) is 0 Å². The number of amides is 1. The van der Waals surface area contributed by atoms with Crippen LogP contribution < -0.4 is 5.73 Å². The number of aliphatic hydroxyl groups is 2. The molecule has 1 amide bonds. The molecule has 6 aliphatic rings. The van der Waals surface area contributed by atoms with Crippen LogP contribution in [0.15, 0.2) is 0 Å². The number of likely N-dealkylation sites (tertiary alicyclic amines) is 1. The minimum absolute atomic E-state index is 0. The first-order valence-electron chi connectivity index (χ1n) is 9.19. The highest BCUT2D eigenvalue weighted by molar-refractivity contribution is 5.85. The van der Waals surface area contributed by atoms with Crippen molar-refractivity contribution in [3.8, 4) is 6.07 Å². The zero-order valence-electron chi connectivity index (χ0n) is 14.2. The van der Waals surface area contributed by atoms with E-state index in [1.165, 1.54) is 0 Å². The van der Waals surface area contributed by atoms with E-state index >= 15 is 0 Å². The lowest BCUT2D eigenvalue weighted by molar-refractivity contribution is -0.234. The number of carbonyl (C=O) groups excluding carboxylic acids is 1. The SMILES string of the molecule is Cl.N#C[C@@H]1C[C@@H]2C[C@@H]2N1C(=O)[C@@H](N)C12CC3CC(O)(CC(O)(C3)C1)C2. The lowest BCUT2D eigenvalue weighted by atomic mass is 9.44. The monoisotopic (exact) mass is 367 g/mol. The van der Waals surface area contributed by atoms with Gasteiger partial charge >= 0.3 is 0 Å². The van der Waals surface area contributed by atoms with Gasteiger partial charge < -0.3 is 20.8 Å². The molecular weight excluding hydrogens is 342 g/mol. The highest BCUT2D eigenvalue weighted by Crippen LogP contribution is 2.64. The van der Waals surface area contributed by atoms with Gasteiger partial charge in [0.2, 0.25) is 5.91 Å². The molecule has 1 saturated heterocycles. The molecule has 4 bridgehead atoms. The standard InChI is InChI=1S/C18H25N3O3.ClH/c19-6-12-1-11-2-13(11)21(12)15(22)14(20)16-3-10-4-17(23,7-16)9-18(24,5-10)8-16;/h10-14,23-24H,1-5,7-9,20H2;1H/t10?,11-,12+,13+,14-,16?,17?,18?;/m1./s1. The van der Waals surface area contributed by atoms with Crippen molar-refractivity contribution in [2.45, 2.75) is 80.7 Å². The average Bonchev–Trinajstić information content (AvgIpc) is 3.12. The Balaban J connectivity index is 0.00000157. The fraction of sp³-hybridized carbons (Fsp3) is 0.889. The maximum atomic E-state index is 13.2. The molecule has 6 rings (SSSR count). The van der Waals surface area contributed by atoms with E-state index in [1.54, 1.807) is 4.90 Å². The molecule has 6 atom stereocenters. The molecule has 6 fully saturated rings. The first kappa shape index (κ1) is 17.5. The van der Waals surface area contributed by atoms with E-state index in [0.29, 0.717) is 38.0 Å². The Morgan fingerprint density at radius 1 is 1.16 bits per heavy atom. The summed E-state index contributed by atoms with van der Waals surface area (Å²) in [5.74, 6) is 0.574. The summed E-state index contributed by atoms with van der Waals surface area (Å²) >= 11 is 0. The number of nitriles is 1. The lowest BCUT2D eigenvalue weighted by Crippen LogP contribution is -2.69. The van der Waals surface area contributed by atoms with Gasteiger partial charge in [-0.05, 0) is 56.8 Å². The molecule has 2 unspecified atom stereocenters. The molecule has 5 aliphatic carbocycles. The highest BCUT2D eigenvalue weighted by atomic mass is 35.5. The number of rotatable bonds is 2. The van der Waals surface area contributed by atoms with Gasteiger partial charge in [-0.2, -0.15) is 5.26 Å². The van der Waals surface area contributed by atoms with Gasteiger partial charge in [0.1, 0.15) is 6.04 Å². The van der Waals surface area contributed by atoms with Gasteiger partial charge in [-0.3, -0.25) is 4.79 Å². The van der Waals surface area contributed by atoms with Crippen LogP contribution in [0.3, 0.4) is 0 Å². The number of hydrogen-bond donors (Lipinski definition) is 3. The van der Waals surface area contributed by atoms with E-state index in [-0.39, 0.29) is 36.3 Å². The van der Waals surface area contributed by atoms with Crippen molar-refractivity contribution in [2.24, 2.45) is 23.0 Å². The molecule has 1 aliphatic heterocycles. The Bertz CT molecular complexity index is 646. The number of nitrogens with two attached hydrogens (primary N) is 1. The van der Waals surface area contributed by atoms with Crippen molar-refractivity contribution in [3.05, 3.63) is 0 Å². The van der Waals surface area contributed by atoms with E-state index in [0.717, 1.165) is 19.3 Å². The van der Waals surface area contributed by atoms with Crippen molar-refractivity contribution in [3.63, 3.8) is 0 Å². The van der Waals surface area contributed by atoms with Crippen LogP contribution >= 0.6 is 12.4 Å². The van der Waals surface area contributed by atoms with E-state index in [2.05, 4.69) is 6.07 Å². The predicted molar refractivity (Wildman–Crippen MR) is 91.5 cm³/mol. The zero-order chi connectivity index (χ0) is 16.9. The van der Waals surface area contributed by atoms with Gasteiger partial charge in [0, 0.05) is 17.9 Å². The van der Waals surface area contributed by atoms with Crippen molar-refractivity contribution >= 4 is 18.3 Å². The van der Waals surface area contributed by atoms with Gasteiger partial charge in [0.15, 0.2) is 0 Å². The highest BCUT2D eigenvalue weighted by Gasteiger charge is 2.66. The summed E-state index contributed by atoms with van der Waals surface area (Å²) < 4.78 is 0. The Hall–Kier alpha value is -0.870. The summed E-state index contributed by atoms with van der Waals surface area (Å²) in [5.41, 5.74) is 4.21. The minimum Gasteiger partial charge on any atom is -0.390 e. The van der Waals surface area contributed by atoms with Crippen molar-refractivity contribution in [1.29, 1.82) is 5.26 Å². The summed E-state index contributed by atoms with van der Waals surface area (Å²) in [7, 11) is 0.